The summed E-state index contributed by atoms with van der Waals surface area (Å²) in [5.74, 6) is 0.561. The molecule has 0 N–H and O–H groups in total. The summed E-state index contributed by atoms with van der Waals surface area (Å²) in [6.07, 6.45) is 2.93. The fourth-order valence-electron chi connectivity index (χ4n) is 1.59. The quantitative estimate of drug-likeness (QED) is 0.560. The molecule has 0 atom stereocenters. The van der Waals surface area contributed by atoms with Crippen molar-refractivity contribution in [3.63, 3.8) is 0 Å². The smallest absolute Gasteiger partial charge is 0.255 e. The lowest BCUT2D eigenvalue weighted by Crippen LogP contribution is -2.28. The predicted octanol–water partition coefficient (Wildman–Crippen LogP) is 4.47. The molecule has 5 heteroatoms. The van der Waals surface area contributed by atoms with Crippen molar-refractivity contribution in [1.82, 2.24) is 4.90 Å². The molecule has 1 aromatic rings. The van der Waals surface area contributed by atoms with Gasteiger partial charge in [-0.2, -0.15) is 0 Å². The van der Waals surface area contributed by atoms with Crippen molar-refractivity contribution in [1.29, 1.82) is 0 Å². The third-order valence-corrected chi connectivity index (χ3v) is 3.46. The number of benzene rings is 1. The lowest BCUT2D eigenvalue weighted by molar-refractivity contribution is 0.0793. The second-order valence-corrected chi connectivity index (χ2v) is 5.32. The number of alkyl halides is 1. The van der Waals surface area contributed by atoms with Crippen molar-refractivity contribution in [3.05, 3.63) is 33.8 Å². The molecule has 0 aliphatic heterocycles. The maximum Gasteiger partial charge on any atom is 0.255 e. The number of nitrogens with zero attached hydrogens (tertiary/aromatic N) is 1. The van der Waals surface area contributed by atoms with Crippen molar-refractivity contribution >= 4 is 40.7 Å². The summed E-state index contributed by atoms with van der Waals surface area (Å²) in [5, 5.41) is 0.940. The molecule has 0 aromatic heterocycles. The Morgan fingerprint density at radius 1 is 1.22 bits per heavy atom. The van der Waals surface area contributed by atoms with E-state index >= 15 is 0 Å². The maximum absolute atomic E-state index is 12.1. The molecule has 0 saturated heterocycles. The molecule has 1 amide bonds. The number of halogens is 3. The van der Waals surface area contributed by atoms with E-state index in [1.165, 1.54) is 0 Å². The molecule has 0 fully saturated rings. The first-order valence-electron chi connectivity index (χ1n) is 5.82. The van der Waals surface area contributed by atoms with Gasteiger partial charge >= 0.3 is 0 Å². The van der Waals surface area contributed by atoms with Crippen LogP contribution in [0.3, 0.4) is 0 Å². The highest BCUT2D eigenvalue weighted by Crippen LogP contribution is 2.21. The molecule has 1 aromatic carbocycles. The molecule has 1 rings (SSSR count). The molecule has 0 heterocycles. The van der Waals surface area contributed by atoms with E-state index in [2.05, 4.69) is 0 Å². The van der Waals surface area contributed by atoms with Crippen LogP contribution in [0, 0.1) is 0 Å². The first-order chi connectivity index (χ1) is 8.56. The number of unbranched alkanes of at least 4 members (excludes halogenated alkanes) is 2. The van der Waals surface area contributed by atoms with Crippen LogP contribution in [0.4, 0.5) is 0 Å². The average Bonchev–Trinajstić information content (AvgIpc) is 2.36. The monoisotopic (exact) mass is 307 g/mol. The van der Waals surface area contributed by atoms with Gasteiger partial charge < -0.3 is 4.90 Å². The molecule has 0 aliphatic carbocycles. The van der Waals surface area contributed by atoms with Gasteiger partial charge in [-0.05, 0) is 31.0 Å². The van der Waals surface area contributed by atoms with Gasteiger partial charge in [0.2, 0.25) is 0 Å². The van der Waals surface area contributed by atoms with Gasteiger partial charge in [-0.3, -0.25) is 4.79 Å². The van der Waals surface area contributed by atoms with E-state index in [9.17, 15) is 4.79 Å². The molecule has 0 spiro atoms. The van der Waals surface area contributed by atoms with Crippen molar-refractivity contribution in [2.45, 2.75) is 19.3 Å². The fourth-order valence-corrected chi connectivity index (χ4v) is 2.15. The van der Waals surface area contributed by atoms with E-state index in [1.807, 2.05) is 0 Å². The second-order valence-electron chi connectivity index (χ2n) is 4.10. The fraction of sp³-hybridized carbons (Fsp3) is 0.462. The Balaban J connectivity index is 2.60. The third-order valence-electron chi connectivity index (χ3n) is 2.63. The van der Waals surface area contributed by atoms with Gasteiger partial charge in [0.05, 0.1) is 10.6 Å². The molecule has 0 unspecified atom stereocenters. The van der Waals surface area contributed by atoms with Gasteiger partial charge in [-0.25, -0.2) is 0 Å². The Morgan fingerprint density at radius 2 is 1.94 bits per heavy atom. The molecule has 2 nitrogen and oxygen atoms in total. The van der Waals surface area contributed by atoms with Crippen molar-refractivity contribution in [2.75, 3.05) is 19.5 Å². The number of amides is 1. The molecule has 100 valence electrons. The van der Waals surface area contributed by atoms with Gasteiger partial charge in [0, 0.05) is 24.5 Å². The lowest BCUT2D eigenvalue weighted by atomic mass is 10.2. The van der Waals surface area contributed by atoms with Gasteiger partial charge in [-0.15, -0.1) is 11.6 Å². The summed E-state index contributed by atoms with van der Waals surface area (Å²) >= 11 is 17.5. The summed E-state index contributed by atoms with van der Waals surface area (Å²) in [5.41, 5.74) is 0.448. The number of carbonyl (C=O) groups excluding carboxylic acids is 1. The van der Waals surface area contributed by atoms with Gasteiger partial charge in [0.25, 0.3) is 5.91 Å². The van der Waals surface area contributed by atoms with Crippen LogP contribution in [0.25, 0.3) is 0 Å². The topological polar surface area (TPSA) is 20.3 Å². The zero-order valence-corrected chi connectivity index (χ0v) is 12.5. The standard InChI is InChI=1S/C13H16Cl3NO/c1-17(8-4-2-3-7-14)13(18)11-9-10(15)5-6-12(11)16/h5-6,9H,2-4,7-8H2,1H3. The molecular formula is C13H16Cl3NO. The van der Waals surface area contributed by atoms with E-state index in [-0.39, 0.29) is 5.91 Å². The summed E-state index contributed by atoms with van der Waals surface area (Å²) in [7, 11) is 1.76. The Morgan fingerprint density at radius 3 is 2.61 bits per heavy atom. The second kappa shape index (κ2) is 7.88. The van der Waals surface area contributed by atoms with Crippen LogP contribution in [-0.4, -0.2) is 30.3 Å². The van der Waals surface area contributed by atoms with E-state index in [1.54, 1.807) is 30.1 Å². The van der Waals surface area contributed by atoms with Crippen LogP contribution in [-0.2, 0) is 0 Å². The molecule has 0 saturated carbocycles. The Kier molecular flexibility index (Phi) is 6.83. The number of rotatable bonds is 6. The van der Waals surface area contributed by atoms with Gasteiger partial charge in [0.15, 0.2) is 0 Å². The van der Waals surface area contributed by atoms with E-state index in [0.717, 1.165) is 19.3 Å². The van der Waals surface area contributed by atoms with E-state index < -0.39 is 0 Å². The third kappa shape index (κ3) is 4.68. The molecule has 0 radical (unpaired) electrons. The molecular weight excluding hydrogens is 293 g/mol. The number of carbonyl (C=O) groups is 1. The largest absolute Gasteiger partial charge is 0.342 e. The minimum absolute atomic E-state index is 0.103. The zero-order chi connectivity index (χ0) is 13.5. The van der Waals surface area contributed by atoms with E-state index in [4.69, 9.17) is 34.8 Å². The predicted molar refractivity (Wildman–Crippen MR) is 78.0 cm³/mol. The Hall–Kier alpha value is -0.440. The normalized spacial score (nSPS) is 10.4. The van der Waals surface area contributed by atoms with Crippen LogP contribution in [0.5, 0.6) is 0 Å². The molecule has 0 bridgehead atoms. The van der Waals surface area contributed by atoms with Crippen LogP contribution < -0.4 is 0 Å². The summed E-state index contributed by atoms with van der Waals surface area (Å²) < 4.78 is 0. The summed E-state index contributed by atoms with van der Waals surface area (Å²) in [6.45, 7) is 0.693. The first kappa shape index (κ1) is 15.6. The van der Waals surface area contributed by atoms with Crippen LogP contribution >= 0.6 is 34.8 Å². The Bertz CT molecular complexity index is 409. The average molecular weight is 309 g/mol. The lowest BCUT2D eigenvalue weighted by Gasteiger charge is -2.17. The number of hydrogen-bond acceptors (Lipinski definition) is 1. The summed E-state index contributed by atoms with van der Waals surface area (Å²) in [6, 6.07) is 4.90. The Labute approximate surface area is 123 Å². The zero-order valence-electron chi connectivity index (χ0n) is 10.3. The summed E-state index contributed by atoms with van der Waals surface area (Å²) in [4.78, 5) is 13.8. The highest BCUT2D eigenvalue weighted by atomic mass is 35.5. The van der Waals surface area contributed by atoms with Crippen molar-refractivity contribution in [3.8, 4) is 0 Å². The van der Waals surface area contributed by atoms with E-state index in [0.29, 0.717) is 28.0 Å². The molecule has 18 heavy (non-hydrogen) atoms. The first-order valence-corrected chi connectivity index (χ1v) is 7.11. The van der Waals surface area contributed by atoms with Crippen LogP contribution in [0.15, 0.2) is 18.2 Å². The minimum Gasteiger partial charge on any atom is -0.342 e. The van der Waals surface area contributed by atoms with Crippen molar-refractivity contribution < 1.29 is 4.79 Å². The SMILES string of the molecule is CN(CCCCCCl)C(=O)c1cc(Cl)ccc1Cl. The maximum atomic E-state index is 12.1. The highest BCUT2D eigenvalue weighted by Gasteiger charge is 2.15. The number of hydrogen-bond donors (Lipinski definition) is 0. The highest BCUT2D eigenvalue weighted by molar-refractivity contribution is 6.35. The van der Waals surface area contributed by atoms with Crippen LogP contribution in [0.1, 0.15) is 29.6 Å². The minimum atomic E-state index is -0.103. The van der Waals surface area contributed by atoms with Gasteiger partial charge in [0.1, 0.15) is 0 Å². The van der Waals surface area contributed by atoms with Crippen molar-refractivity contribution in [2.24, 2.45) is 0 Å². The van der Waals surface area contributed by atoms with Crippen LogP contribution in [0.2, 0.25) is 10.0 Å². The van der Waals surface area contributed by atoms with Gasteiger partial charge in [-0.1, -0.05) is 29.6 Å². The molecule has 0 aliphatic rings.